The Balaban J connectivity index is 2.06. The molecule has 94 valence electrons. The highest BCUT2D eigenvalue weighted by atomic mass is 35.5. The average molecular weight is 267 g/mol. The van der Waals surface area contributed by atoms with E-state index in [1.165, 1.54) is 23.1 Å². The fourth-order valence-corrected chi connectivity index (χ4v) is 1.62. The molecule has 2 aromatic rings. The molecule has 0 radical (unpaired) electrons. The number of hydrogen-bond acceptors (Lipinski definition) is 5. The van der Waals surface area contributed by atoms with Gasteiger partial charge in [-0.15, -0.1) is 0 Å². The van der Waals surface area contributed by atoms with Gasteiger partial charge in [-0.2, -0.15) is 5.10 Å². The highest BCUT2D eigenvalue weighted by Crippen LogP contribution is 2.20. The maximum absolute atomic E-state index is 11.8. The third-order valence-electron chi connectivity index (χ3n) is 2.35. The molecule has 7 heteroatoms. The zero-order valence-electron chi connectivity index (χ0n) is 9.63. The molecular formula is C11H11ClN4O2. The van der Waals surface area contributed by atoms with Crippen LogP contribution in [-0.2, 0) is 18.4 Å². The monoisotopic (exact) mass is 266 g/mol. The van der Waals surface area contributed by atoms with Crippen LogP contribution in [0, 0.1) is 0 Å². The Hall–Kier alpha value is -2.08. The van der Waals surface area contributed by atoms with E-state index < -0.39 is 5.97 Å². The van der Waals surface area contributed by atoms with Gasteiger partial charge in [-0.05, 0) is 18.2 Å². The number of nitrogen functional groups attached to an aromatic ring is 1. The van der Waals surface area contributed by atoms with Crippen molar-refractivity contribution in [3.8, 4) is 0 Å². The molecule has 0 unspecified atom stereocenters. The quantitative estimate of drug-likeness (QED) is 0.671. The molecule has 2 N–H and O–H groups in total. The fraction of sp³-hybridized carbons (Fsp3) is 0.182. The molecule has 0 aliphatic heterocycles. The fourth-order valence-electron chi connectivity index (χ4n) is 1.36. The van der Waals surface area contributed by atoms with E-state index in [0.29, 0.717) is 11.5 Å². The molecule has 0 saturated carbocycles. The van der Waals surface area contributed by atoms with Gasteiger partial charge in [0.25, 0.3) is 0 Å². The molecule has 0 amide bonds. The summed E-state index contributed by atoms with van der Waals surface area (Å²) >= 11 is 5.90. The van der Waals surface area contributed by atoms with E-state index in [-0.39, 0.29) is 17.2 Å². The molecule has 0 saturated heterocycles. The van der Waals surface area contributed by atoms with Gasteiger partial charge >= 0.3 is 5.97 Å². The summed E-state index contributed by atoms with van der Waals surface area (Å²) in [4.78, 5) is 15.7. The van der Waals surface area contributed by atoms with E-state index in [0.717, 1.165) is 0 Å². The Kier molecular flexibility index (Phi) is 3.47. The molecule has 18 heavy (non-hydrogen) atoms. The van der Waals surface area contributed by atoms with Crippen LogP contribution in [0.3, 0.4) is 0 Å². The molecule has 1 heterocycles. The van der Waals surface area contributed by atoms with Crippen LogP contribution in [0.1, 0.15) is 16.2 Å². The number of nitrogens with two attached hydrogens (primary N) is 1. The molecule has 0 aliphatic carbocycles. The number of aryl methyl sites for hydroxylation is 1. The molecule has 0 aliphatic rings. The third kappa shape index (κ3) is 2.60. The van der Waals surface area contributed by atoms with Crippen molar-refractivity contribution in [1.29, 1.82) is 0 Å². The van der Waals surface area contributed by atoms with Gasteiger partial charge in [0.15, 0.2) is 12.4 Å². The van der Waals surface area contributed by atoms with E-state index >= 15 is 0 Å². The molecular weight excluding hydrogens is 256 g/mol. The minimum Gasteiger partial charge on any atom is -0.454 e. The Bertz CT molecular complexity index is 582. The lowest BCUT2D eigenvalue weighted by Gasteiger charge is -2.06. The second kappa shape index (κ2) is 5.05. The van der Waals surface area contributed by atoms with Crippen LogP contribution >= 0.6 is 11.6 Å². The summed E-state index contributed by atoms with van der Waals surface area (Å²) in [7, 11) is 1.71. The SMILES string of the molecule is Cn1ncnc1COC(=O)c1ccc(N)cc1Cl. The highest BCUT2D eigenvalue weighted by Gasteiger charge is 2.13. The lowest BCUT2D eigenvalue weighted by molar-refractivity contribution is 0.0458. The Morgan fingerprint density at radius 1 is 1.56 bits per heavy atom. The van der Waals surface area contributed by atoms with E-state index in [9.17, 15) is 4.79 Å². The summed E-state index contributed by atoms with van der Waals surface area (Å²) in [6, 6.07) is 4.61. The van der Waals surface area contributed by atoms with Crippen molar-refractivity contribution in [3.63, 3.8) is 0 Å². The molecule has 6 nitrogen and oxygen atoms in total. The van der Waals surface area contributed by atoms with Gasteiger partial charge in [0.2, 0.25) is 0 Å². The number of aromatic nitrogens is 3. The van der Waals surface area contributed by atoms with E-state index in [2.05, 4.69) is 10.1 Å². The van der Waals surface area contributed by atoms with E-state index in [1.54, 1.807) is 13.1 Å². The van der Waals surface area contributed by atoms with Crippen LogP contribution in [0.4, 0.5) is 5.69 Å². The summed E-state index contributed by atoms with van der Waals surface area (Å²) < 4.78 is 6.61. The van der Waals surface area contributed by atoms with Gasteiger partial charge in [-0.25, -0.2) is 9.78 Å². The number of benzene rings is 1. The van der Waals surface area contributed by atoms with Crippen LogP contribution in [-0.4, -0.2) is 20.7 Å². The zero-order valence-corrected chi connectivity index (χ0v) is 10.4. The van der Waals surface area contributed by atoms with Gasteiger partial charge in [0.1, 0.15) is 6.33 Å². The molecule has 1 aromatic heterocycles. The first-order valence-electron chi connectivity index (χ1n) is 5.13. The number of carbonyl (C=O) groups is 1. The molecule has 2 rings (SSSR count). The van der Waals surface area contributed by atoms with Crippen LogP contribution in [0.2, 0.25) is 5.02 Å². The zero-order chi connectivity index (χ0) is 13.1. The topological polar surface area (TPSA) is 83.0 Å². The minimum absolute atomic E-state index is 0.0377. The van der Waals surface area contributed by atoms with Crippen LogP contribution < -0.4 is 5.73 Å². The lowest BCUT2D eigenvalue weighted by atomic mass is 10.2. The summed E-state index contributed by atoms with van der Waals surface area (Å²) in [6.45, 7) is 0.0377. The normalized spacial score (nSPS) is 10.3. The highest BCUT2D eigenvalue weighted by molar-refractivity contribution is 6.33. The van der Waals surface area contributed by atoms with E-state index in [1.807, 2.05) is 0 Å². The summed E-state index contributed by atoms with van der Waals surface area (Å²) in [6.07, 6.45) is 1.39. The van der Waals surface area contributed by atoms with Crippen LogP contribution in [0.15, 0.2) is 24.5 Å². The maximum atomic E-state index is 11.8. The third-order valence-corrected chi connectivity index (χ3v) is 2.66. The van der Waals surface area contributed by atoms with E-state index in [4.69, 9.17) is 22.1 Å². The van der Waals surface area contributed by atoms with Crippen molar-refractivity contribution in [2.24, 2.45) is 7.05 Å². The number of hydrogen-bond donors (Lipinski definition) is 1. The maximum Gasteiger partial charge on any atom is 0.340 e. The van der Waals surface area contributed by atoms with Crippen molar-refractivity contribution in [3.05, 3.63) is 40.9 Å². The Morgan fingerprint density at radius 3 is 2.94 bits per heavy atom. The van der Waals surface area contributed by atoms with Gasteiger partial charge in [-0.3, -0.25) is 4.68 Å². The van der Waals surface area contributed by atoms with Crippen LogP contribution in [0.25, 0.3) is 0 Å². The Labute approximate surface area is 108 Å². The standard InChI is InChI=1S/C11H11ClN4O2/c1-16-10(14-6-15-16)5-18-11(17)8-3-2-7(13)4-9(8)12/h2-4,6H,5,13H2,1H3. The number of esters is 1. The summed E-state index contributed by atoms with van der Waals surface area (Å²) in [5, 5.41) is 4.13. The molecule has 0 bridgehead atoms. The number of nitrogens with zero attached hydrogens (tertiary/aromatic N) is 3. The minimum atomic E-state index is -0.525. The first-order chi connectivity index (χ1) is 8.58. The number of rotatable bonds is 3. The summed E-state index contributed by atoms with van der Waals surface area (Å²) in [5.74, 6) is 0.0258. The predicted molar refractivity (Wildman–Crippen MR) is 66.0 cm³/mol. The number of ether oxygens (including phenoxy) is 1. The van der Waals surface area contributed by atoms with Crippen molar-refractivity contribution < 1.29 is 9.53 Å². The molecule has 1 aromatic carbocycles. The molecule has 0 atom stereocenters. The first kappa shape index (κ1) is 12.4. The van der Waals surface area contributed by atoms with Gasteiger partial charge in [0, 0.05) is 12.7 Å². The smallest absolute Gasteiger partial charge is 0.340 e. The lowest BCUT2D eigenvalue weighted by Crippen LogP contribution is -2.09. The second-order valence-electron chi connectivity index (χ2n) is 3.62. The van der Waals surface area contributed by atoms with Gasteiger partial charge in [0.05, 0.1) is 10.6 Å². The summed E-state index contributed by atoms with van der Waals surface area (Å²) in [5.41, 5.74) is 6.30. The van der Waals surface area contributed by atoms with Crippen molar-refractivity contribution in [1.82, 2.24) is 14.8 Å². The van der Waals surface area contributed by atoms with Crippen molar-refractivity contribution >= 4 is 23.3 Å². The largest absolute Gasteiger partial charge is 0.454 e. The number of anilines is 1. The molecule has 0 spiro atoms. The van der Waals surface area contributed by atoms with Gasteiger partial charge in [-0.1, -0.05) is 11.6 Å². The number of carbonyl (C=O) groups excluding carboxylic acids is 1. The first-order valence-corrected chi connectivity index (χ1v) is 5.50. The van der Waals surface area contributed by atoms with Crippen LogP contribution in [0.5, 0.6) is 0 Å². The Morgan fingerprint density at radius 2 is 2.33 bits per heavy atom. The van der Waals surface area contributed by atoms with Crippen molar-refractivity contribution in [2.45, 2.75) is 6.61 Å². The van der Waals surface area contributed by atoms with Gasteiger partial charge < -0.3 is 10.5 Å². The molecule has 0 fully saturated rings. The predicted octanol–water partition coefficient (Wildman–Crippen LogP) is 1.41. The van der Waals surface area contributed by atoms with Crippen molar-refractivity contribution in [2.75, 3.05) is 5.73 Å². The number of halogens is 1. The second-order valence-corrected chi connectivity index (χ2v) is 4.02. The average Bonchev–Trinajstić information content (AvgIpc) is 2.72.